The lowest BCUT2D eigenvalue weighted by atomic mass is 9.97. The van der Waals surface area contributed by atoms with Crippen molar-refractivity contribution in [2.45, 2.75) is 51.7 Å². The van der Waals surface area contributed by atoms with Gasteiger partial charge in [0.1, 0.15) is 5.75 Å². The molecule has 1 amide bonds. The highest BCUT2D eigenvalue weighted by atomic mass is 16.5. The van der Waals surface area contributed by atoms with E-state index in [4.69, 9.17) is 4.74 Å². The Hall–Kier alpha value is -1.59. The number of benzene rings is 1. The molecule has 1 aromatic rings. The largest absolute Gasteiger partial charge is 0.494 e. The van der Waals surface area contributed by atoms with E-state index >= 15 is 0 Å². The molecule has 0 aliphatic carbocycles. The summed E-state index contributed by atoms with van der Waals surface area (Å²) in [6, 6.07) is 8.01. The lowest BCUT2D eigenvalue weighted by Gasteiger charge is -2.33. The standard InChI is InChI=1S/C19H30N2O3/c1-15-7-4-8-16(13-15)24-12-6-10-20-18(22)14-21-11-5-9-17(21)19(2,3)23/h4,7-8,13,17,23H,5-6,9-12,14H2,1-3H3,(H,20,22). The van der Waals surface area contributed by atoms with Gasteiger partial charge < -0.3 is 15.2 Å². The van der Waals surface area contributed by atoms with Crippen molar-refractivity contribution in [1.82, 2.24) is 10.2 Å². The van der Waals surface area contributed by atoms with Crippen LogP contribution in [0.15, 0.2) is 24.3 Å². The number of nitrogens with zero attached hydrogens (tertiary/aromatic N) is 1. The van der Waals surface area contributed by atoms with E-state index in [9.17, 15) is 9.90 Å². The molecule has 0 saturated carbocycles. The van der Waals surface area contributed by atoms with Crippen molar-refractivity contribution in [2.24, 2.45) is 0 Å². The number of ether oxygens (including phenoxy) is 1. The van der Waals surface area contributed by atoms with Crippen LogP contribution in [0.4, 0.5) is 0 Å². The molecule has 1 unspecified atom stereocenters. The van der Waals surface area contributed by atoms with Crippen LogP contribution in [0.25, 0.3) is 0 Å². The van der Waals surface area contributed by atoms with Gasteiger partial charge in [-0.3, -0.25) is 9.69 Å². The molecule has 1 saturated heterocycles. The zero-order chi connectivity index (χ0) is 17.6. The van der Waals surface area contributed by atoms with Gasteiger partial charge in [-0.2, -0.15) is 0 Å². The summed E-state index contributed by atoms with van der Waals surface area (Å²) in [5.74, 6) is 0.883. The Morgan fingerprint density at radius 3 is 2.96 bits per heavy atom. The Morgan fingerprint density at radius 2 is 2.25 bits per heavy atom. The van der Waals surface area contributed by atoms with Gasteiger partial charge in [-0.15, -0.1) is 0 Å². The van der Waals surface area contributed by atoms with Gasteiger partial charge in [-0.25, -0.2) is 0 Å². The zero-order valence-corrected chi connectivity index (χ0v) is 15.0. The van der Waals surface area contributed by atoms with Gasteiger partial charge in [0.15, 0.2) is 0 Å². The normalized spacial score (nSPS) is 18.6. The van der Waals surface area contributed by atoms with Gasteiger partial charge in [-0.05, 0) is 64.3 Å². The molecule has 0 bridgehead atoms. The SMILES string of the molecule is Cc1cccc(OCCCNC(=O)CN2CCCC2C(C)(C)O)c1. The molecule has 134 valence electrons. The highest BCUT2D eigenvalue weighted by Crippen LogP contribution is 2.26. The molecular weight excluding hydrogens is 304 g/mol. The number of aryl methyl sites for hydroxylation is 1. The first-order valence-electron chi connectivity index (χ1n) is 8.79. The van der Waals surface area contributed by atoms with Crippen LogP contribution in [-0.2, 0) is 4.79 Å². The van der Waals surface area contributed by atoms with Crippen LogP contribution in [0.2, 0.25) is 0 Å². The predicted octanol–water partition coefficient (Wildman–Crippen LogP) is 2.12. The predicted molar refractivity (Wildman–Crippen MR) is 95.2 cm³/mol. The Morgan fingerprint density at radius 1 is 1.46 bits per heavy atom. The fraction of sp³-hybridized carbons (Fsp3) is 0.632. The topological polar surface area (TPSA) is 61.8 Å². The minimum absolute atomic E-state index is 0.0155. The van der Waals surface area contributed by atoms with E-state index in [1.165, 1.54) is 5.56 Å². The highest BCUT2D eigenvalue weighted by Gasteiger charge is 2.36. The third-order valence-electron chi connectivity index (χ3n) is 4.43. The fourth-order valence-corrected chi connectivity index (χ4v) is 3.25. The number of rotatable bonds is 8. The molecule has 1 fully saturated rings. The second-order valence-corrected chi connectivity index (χ2v) is 7.15. The molecule has 5 heteroatoms. The van der Waals surface area contributed by atoms with Crippen molar-refractivity contribution in [3.63, 3.8) is 0 Å². The number of hydrogen-bond donors (Lipinski definition) is 2. The number of carbonyl (C=O) groups is 1. The summed E-state index contributed by atoms with van der Waals surface area (Å²) in [4.78, 5) is 14.2. The molecule has 0 spiro atoms. The van der Waals surface area contributed by atoms with Crippen LogP contribution in [0.1, 0.15) is 38.7 Å². The second-order valence-electron chi connectivity index (χ2n) is 7.15. The van der Waals surface area contributed by atoms with Gasteiger partial charge in [0.25, 0.3) is 0 Å². The highest BCUT2D eigenvalue weighted by molar-refractivity contribution is 5.78. The van der Waals surface area contributed by atoms with Gasteiger partial charge in [-0.1, -0.05) is 12.1 Å². The molecule has 1 aromatic carbocycles. The molecule has 1 aliphatic rings. The van der Waals surface area contributed by atoms with E-state index < -0.39 is 5.60 Å². The van der Waals surface area contributed by atoms with Crippen molar-refractivity contribution in [1.29, 1.82) is 0 Å². The molecule has 5 nitrogen and oxygen atoms in total. The average molecular weight is 334 g/mol. The number of likely N-dealkylation sites (tertiary alicyclic amines) is 1. The minimum Gasteiger partial charge on any atom is -0.494 e. The number of hydrogen-bond acceptors (Lipinski definition) is 4. The van der Waals surface area contributed by atoms with E-state index in [1.54, 1.807) is 0 Å². The Kier molecular flexibility index (Phi) is 6.63. The molecule has 2 rings (SSSR count). The van der Waals surface area contributed by atoms with Gasteiger partial charge in [0.2, 0.25) is 5.91 Å². The second kappa shape index (κ2) is 8.49. The van der Waals surface area contributed by atoms with E-state index in [0.717, 1.165) is 31.6 Å². The Bertz CT molecular complexity index is 540. The van der Waals surface area contributed by atoms with Gasteiger partial charge in [0, 0.05) is 12.6 Å². The maximum Gasteiger partial charge on any atom is 0.234 e. The number of aliphatic hydroxyl groups is 1. The summed E-state index contributed by atoms with van der Waals surface area (Å²) in [7, 11) is 0. The van der Waals surface area contributed by atoms with Crippen molar-refractivity contribution < 1.29 is 14.6 Å². The minimum atomic E-state index is -0.765. The van der Waals surface area contributed by atoms with Crippen molar-refractivity contribution in [3.05, 3.63) is 29.8 Å². The quantitative estimate of drug-likeness (QED) is 0.715. The fourth-order valence-electron chi connectivity index (χ4n) is 3.25. The smallest absolute Gasteiger partial charge is 0.234 e. The van der Waals surface area contributed by atoms with Crippen molar-refractivity contribution in [2.75, 3.05) is 26.2 Å². The number of amides is 1. The average Bonchev–Trinajstić information content (AvgIpc) is 2.95. The lowest BCUT2D eigenvalue weighted by molar-refractivity contribution is -0.123. The molecule has 2 N–H and O–H groups in total. The van der Waals surface area contributed by atoms with Crippen LogP contribution in [0, 0.1) is 6.92 Å². The van der Waals surface area contributed by atoms with Crippen LogP contribution >= 0.6 is 0 Å². The summed E-state index contributed by atoms with van der Waals surface area (Å²) in [5, 5.41) is 13.1. The summed E-state index contributed by atoms with van der Waals surface area (Å²) >= 11 is 0. The molecular formula is C19H30N2O3. The van der Waals surface area contributed by atoms with E-state index in [-0.39, 0.29) is 11.9 Å². The van der Waals surface area contributed by atoms with Crippen molar-refractivity contribution in [3.8, 4) is 5.75 Å². The van der Waals surface area contributed by atoms with E-state index in [0.29, 0.717) is 19.7 Å². The van der Waals surface area contributed by atoms with Crippen LogP contribution in [0.5, 0.6) is 5.75 Å². The number of carbonyl (C=O) groups excluding carboxylic acids is 1. The molecule has 1 atom stereocenters. The third-order valence-corrected chi connectivity index (χ3v) is 4.43. The first-order chi connectivity index (χ1) is 11.4. The van der Waals surface area contributed by atoms with Crippen molar-refractivity contribution >= 4 is 5.91 Å². The summed E-state index contributed by atoms with van der Waals surface area (Å²) in [5.41, 5.74) is 0.408. The monoisotopic (exact) mass is 334 g/mol. The maximum atomic E-state index is 12.1. The number of nitrogens with one attached hydrogen (secondary N) is 1. The summed E-state index contributed by atoms with van der Waals surface area (Å²) in [6.07, 6.45) is 2.75. The van der Waals surface area contributed by atoms with Crippen LogP contribution < -0.4 is 10.1 Å². The van der Waals surface area contributed by atoms with Gasteiger partial charge in [0.05, 0.1) is 18.8 Å². The summed E-state index contributed by atoms with van der Waals surface area (Å²) < 4.78 is 5.67. The van der Waals surface area contributed by atoms with Gasteiger partial charge >= 0.3 is 0 Å². The first-order valence-corrected chi connectivity index (χ1v) is 8.79. The molecule has 0 aromatic heterocycles. The van der Waals surface area contributed by atoms with E-state index in [1.807, 2.05) is 45.0 Å². The molecule has 1 aliphatic heterocycles. The Labute approximate surface area is 145 Å². The maximum absolute atomic E-state index is 12.1. The first kappa shape index (κ1) is 18.7. The Balaban J connectivity index is 1.63. The van der Waals surface area contributed by atoms with Crippen LogP contribution in [-0.4, -0.2) is 53.8 Å². The van der Waals surface area contributed by atoms with Crippen LogP contribution in [0.3, 0.4) is 0 Å². The third kappa shape index (κ3) is 5.80. The zero-order valence-electron chi connectivity index (χ0n) is 15.0. The molecule has 0 radical (unpaired) electrons. The lowest BCUT2D eigenvalue weighted by Crippen LogP contribution is -2.49. The molecule has 24 heavy (non-hydrogen) atoms. The summed E-state index contributed by atoms with van der Waals surface area (Å²) in [6.45, 7) is 8.08. The van der Waals surface area contributed by atoms with E-state index in [2.05, 4.69) is 10.2 Å². The molecule has 1 heterocycles.